The lowest BCUT2D eigenvalue weighted by molar-refractivity contribution is 0.0921. The number of aromatic nitrogens is 2. The van der Waals surface area contributed by atoms with Crippen LogP contribution in [0, 0.1) is 5.92 Å². The Kier molecular flexibility index (Phi) is 6.93. The van der Waals surface area contributed by atoms with Crippen LogP contribution in [0.2, 0.25) is 0 Å². The van der Waals surface area contributed by atoms with Crippen molar-refractivity contribution in [2.24, 2.45) is 5.92 Å². The number of rotatable bonds is 6. The van der Waals surface area contributed by atoms with Crippen molar-refractivity contribution in [3.8, 4) is 0 Å². The number of nitrogens with zero attached hydrogens (tertiary/aromatic N) is 4. The maximum absolute atomic E-state index is 13.0. The van der Waals surface area contributed by atoms with Gasteiger partial charge in [0.25, 0.3) is 5.91 Å². The van der Waals surface area contributed by atoms with Crippen molar-refractivity contribution >= 4 is 33.3 Å². The van der Waals surface area contributed by atoms with Gasteiger partial charge in [-0.3, -0.25) is 14.7 Å². The van der Waals surface area contributed by atoms with Crippen molar-refractivity contribution < 1.29 is 4.79 Å². The fourth-order valence-corrected chi connectivity index (χ4v) is 7.78. The van der Waals surface area contributed by atoms with E-state index in [0.717, 1.165) is 67.8 Å². The van der Waals surface area contributed by atoms with E-state index in [1.807, 2.05) is 41.7 Å². The van der Waals surface area contributed by atoms with Crippen molar-refractivity contribution in [2.75, 3.05) is 24.5 Å². The zero-order valence-corrected chi connectivity index (χ0v) is 23.0. The van der Waals surface area contributed by atoms with Gasteiger partial charge in [0.15, 0.2) is 5.13 Å². The second kappa shape index (κ2) is 10.3. The molecule has 3 aromatic rings. The Morgan fingerprint density at radius 3 is 2.81 bits per heavy atom. The number of hydrogen-bond acceptors (Lipinski definition) is 6. The topological polar surface area (TPSA) is 61.4 Å². The van der Waals surface area contributed by atoms with Gasteiger partial charge < -0.3 is 10.2 Å². The number of fused-ring (bicyclic) bond motifs is 2. The Bertz CT molecular complexity index is 1260. The summed E-state index contributed by atoms with van der Waals surface area (Å²) in [7, 11) is 0. The third-order valence-electron chi connectivity index (χ3n) is 8.85. The van der Waals surface area contributed by atoms with E-state index >= 15 is 0 Å². The average Bonchev–Trinajstić information content (AvgIpc) is 3.49. The molecule has 6 rings (SSSR count). The van der Waals surface area contributed by atoms with Crippen LogP contribution in [0.4, 0.5) is 5.13 Å². The summed E-state index contributed by atoms with van der Waals surface area (Å²) in [6, 6.07) is 9.95. The molecule has 3 aliphatic rings. The van der Waals surface area contributed by atoms with Crippen LogP contribution in [-0.2, 0) is 13.0 Å². The molecule has 2 aliphatic heterocycles. The van der Waals surface area contributed by atoms with Crippen molar-refractivity contribution in [1.82, 2.24) is 20.2 Å². The molecule has 1 saturated carbocycles. The van der Waals surface area contributed by atoms with Gasteiger partial charge in [0.1, 0.15) is 0 Å². The minimum absolute atomic E-state index is 0.0334. The summed E-state index contributed by atoms with van der Waals surface area (Å²) in [5, 5.41) is 5.48. The molecule has 1 aromatic carbocycles. The van der Waals surface area contributed by atoms with E-state index in [2.05, 4.69) is 33.9 Å². The Balaban J connectivity index is 0.974. The quantitative estimate of drug-likeness (QED) is 0.447. The molecule has 1 saturated heterocycles. The summed E-state index contributed by atoms with van der Waals surface area (Å²) in [6.45, 7) is 9.17. The number of amides is 1. The molecule has 2 aromatic heterocycles. The highest BCUT2D eigenvalue weighted by Crippen LogP contribution is 2.38. The van der Waals surface area contributed by atoms with Gasteiger partial charge in [0.05, 0.1) is 11.2 Å². The fraction of sp³-hybridized carbons (Fsp3) is 0.567. The van der Waals surface area contributed by atoms with E-state index in [1.165, 1.54) is 47.8 Å². The minimum atomic E-state index is 0.0334. The predicted octanol–water partition coefficient (Wildman–Crippen LogP) is 5.81. The number of anilines is 1. The molecule has 6 nitrogen and oxygen atoms in total. The van der Waals surface area contributed by atoms with Gasteiger partial charge in [-0.2, -0.15) is 0 Å². The van der Waals surface area contributed by atoms with Gasteiger partial charge in [-0.1, -0.05) is 12.1 Å². The van der Waals surface area contributed by atoms with Gasteiger partial charge in [-0.25, -0.2) is 4.98 Å². The molecule has 0 unspecified atom stereocenters. The number of benzene rings is 1. The van der Waals surface area contributed by atoms with Crippen molar-refractivity contribution in [3.05, 3.63) is 52.7 Å². The number of nitrogens with one attached hydrogen (secondary N) is 1. The highest BCUT2D eigenvalue weighted by molar-refractivity contribution is 7.15. The van der Waals surface area contributed by atoms with Crippen molar-refractivity contribution in [2.45, 2.75) is 83.3 Å². The van der Waals surface area contributed by atoms with E-state index in [1.54, 1.807) is 6.20 Å². The van der Waals surface area contributed by atoms with Crippen LogP contribution in [0.3, 0.4) is 0 Å². The average molecular weight is 518 g/mol. The Labute approximate surface area is 224 Å². The predicted molar refractivity (Wildman–Crippen MR) is 151 cm³/mol. The number of carbonyl (C=O) groups is 1. The molecule has 196 valence electrons. The lowest BCUT2D eigenvalue weighted by Crippen LogP contribution is -2.38. The number of pyridine rings is 1. The lowest BCUT2D eigenvalue weighted by atomic mass is 9.84. The SMILES string of the molecule is CC1(C)CCCN1c1nc2c(s1)CCN(CCC1CCC(NC(=O)c3cccc4ncccc34)CC1)C2. The molecule has 0 bridgehead atoms. The first-order valence-electron chi connectivity index (χ1n) is 14.1. The van der Waals surface area contributed by atoms with Crippen LogP contribution in [-0.4, -0.2) is 52.0 Å². The molecule has 0 radical (unpaired) electrons. The van der Waals surface area contributed by atoms with E-state index < -0.39 is 0 Å². The maximum Gasteiger partial charge on any atom is 0.252 e. The van der Waals surface area contributed by atoms with E-state index in [0.29, 0.717) is 0 Å². The monoisotopic (exact) mass is 517 g/mol. The molecule has 2 fully saturated rings. The summed E-state index contributed by atoms with van der Waals surface area (Å²) in [4.78, 5) is 29.2. The zero-order valence-electron chi connectivity index (χ0n) is 22.2. The van der Waals surface area contributed by atoms with Gasteiger partial charge in [0, 0.05) is 53.2 Å². The van der Waals surface area contributed by atoms with Gasteiger partial charge in [-0.05, 0) is 95.9 Å². The molecular weight excluding hydrogens is 478 g/mol. The van der Waals surface area contributed by atoms with Crippen LogP contribution in [0.15, 0.2) is 36.5 Å². The summed E-state index contributed by atoms with van der Waals surface area (Å²) in [5.74, 6) is 0.791. The van der Waals surface area contributed by atoms with E-state index in [4.69, 9.17) is 4.98 Å². The Hall–Kier alpha value is -2.51. The van der Waals surface area contributed by atoms with Crippen LogP contribution >= 0.6 is 11.3 Å². The molecule has 0 atom stereocenters. The summed E-state index contributed by atoms with van der Waals surface area (Å²) in [6.07, 6.45) is 11.3. The molecule has 4 heterocycles. The first kappa shape index (κ1) is 24.8. The minimum Gasteiger partial charge on any atom is -0.349 e. The Morgan fingerprint density at radius 1 is 1.14 bits per heavy atom. The summed E-state index contributed by atoms with van der Waals surface area (Å²) in [5.41, 5.74) is 3.17. The highest BCUT2D eigenvalue weighted by Gasteiger charge is 2.35. The van der Waals surface area contributed by atoms with Crippen molar-refractivity contribution in [3.63, 3.8) is 0 Å². The lowest BCUT2D eigenvalue weighted by Gasteiger charge is -2.32. The normalized spacial score (nSPS) is 23.8. The molecular formula is C30H39N5OS. The first-order valence-corrected chi connectivity index (χ1v) is 14.9. The standard InChI is InChI=1S/C30H39N5OS/c1-30(2)15-5-17-35(30)29-33-26-20-34(19-14-27(26)37-29)18-13-21-9-11-22(12-10-21)32-28(36)24-6-3-8-25-23(24)7-4-16-31-25/h3-4,6-8,16,21-22H,5,9-15,17-20H2,1-2H3,(H,32,36). The fourth-order valence-electron chi connectivity index (χ4n) is 6.53. The molecule has 37 heavy (non-hydrogen) atoms. The summed E-state index contributed by atoms with van der Waals surface area (Å²) < 4.78 is 0. The largest absolute Gasteiger partial charge is 0.349 e. The third-order valence-corrected chi connectivity index (χ3v) is 10.0. The Morgan fingerprint density at radius 2 is 2.00 bits per heavy atom. The smallest absolute Gasteiger partial charge is 0.252 e. The van der Waals surface area contributed by atoms with Gasteiger partial charge >= 0.3 is 0 Å². The second-order valence-electron chi connectivity index (χ2n) is 11.8. The van der Waals surface area contributed by atoms with Crippen LogP contribution in [0.25, 0.3) is 10.9 Å². The molecule has 0 spiro atoms. The number of carbonyl (C=O) groups excluding carboxylic acids is 1. The molecule has 1 amide bonds. The van der Waals surface area contributed by atoms with Gasteiger partial charge in [0.2, 0.25) is 0 Å². The highest BCUT2D eigenvalue weighted by atomic mass is 32.1. The maximum atomic E-state index is 13.0. The number of hydrogen-bond donors (Lipinski definition) is 1. The van der Waals surface area contributed by atoms with Crippen LogP contribution in [0.5, 0.6) is 0 Å². The van der Waals surface area contributed by atoms with Crippen LogP contribution < -0.4 is 10.2 Å². The summed E-state index contributed by atoms with van der Waals surface area (Å²) >= 11 is 1.94. The molecule has 7 heteroatoms. The van der Waals surface area contributed by atoms with E-state index in [-0.39, 0.29) is 17.5 Å². The molecule has 1 N–H and O–H groups in total. The van der Waals surface area contributed by atoms with Gasteiger partial charge in [-0.15, -0.1) is 11.3 Å². The third kappa shape index (κ3) is 5.26. The first-order chi connectivity index (χ1) is 18.0. The second-order valence-corrected chi connectivity index (χ2v) is 12.9. The number of thiazole rings is 1. The molecule has 1 aliphatic carbocycles. The van der Waals surface area contributed by atoms with E-state index in [9.17, 15) is 4.79 Å². The van der Waals surface area contributed by atoms with Crippen molar-refractivity contribution in [1.29, 1.82) is 0 Å². The van der Waals surface area contributed by atoms with Crippen LogP contribution in [0.1, 0.15) is 79.7 Å². The zero-order chi connectivity index (χ0) is 25.4.